The van der Waals surface area contributed by atoms with Gasteiger partial charge in [-0.1, -0.05) is 18.2 Å². The third-order valence-corrected chi connectivity index (χ3v) is 5.09. The molecule has 0 saturated heterocycles. The van der Waals surface area contributed by atoms with Crippen molar-refractivity contribution >= 4 is 22.7 Å². The fraction of sp³-hybridized carbons (Fsp3) is 0.286. The summed E-state index contributed by atoms with van der Waals surface area (Å²) in [6, 6.07) is 13.7. The van der Waals surface area contributed by atoms with Crippen LogP contribution in [0.5, 0.6) is 0 Å². The molecule has 3 aromatic rings. The van der Waals surface area contributed by atoms with Crippen LogP contribution in [0.3, 0.4) is 0 Å². The molecule has 0 aliphatic carbocycles. The summed E-state index contributed by atoms with van der Waals surface area (Å²) in [5.74, 6) is 0.0103. The largest absolute Gasteiger partial charge is 0.359 e. The van der Waals surface area contributed by atoms with Crippen molar-refractivity contribution < 1.29 is 9.59 Å². The maximum atomic E-state index is 13.2. The molecule has 2 amide bonds. The van der Waals surface area contributed by atoms with Crippen LogP contribution in [0.25, 0.3) is 10.9 Å². The Kier molecular flexibility index (Phi) is 4.62. The number of rotatable bonds is 3. The van der Waals surface area contributed by atoms with Gasteiger partial charge >= 0.3 is 0 Å². The van der Waals surface area contributed by atoms with Gasteiger partial charge in [-0.2, -0.15) is 0 Å². The number of carbonyl (C=O) groups excluding carboxylic acids is 2. The summed E-state index contributed by atoms with van der Waals surface area (Å²) in [6.07, 6.45) is 4.05. The molecule has 0 spiro atoms. The van der Waals surface area contributed by atoms with Gasteiger partial charge in [0.15, 0.2) is 0 Å². The molecule has 0 saturated carbocycles. The van der Waals surface area contributed by atoms with Crippen LogP contribution < -0.4 is 5.32 Å². The maximum absolute atomic E-state index is 13.2. The molecule has 0 fully saturated rings. The Morgan fingerprint density at radius 3 is 2.89 bits per heavy atom. The first kappa shape index (κ1) is 17.3. The van der Waals surface area contributed by atoms with E-state index in [-0.39, 0.29) is 17.7 Å². The van der Waals surface area contributed by atoms with Gasteiger partial charge < -0.3 is 14.8 Å². The Hall–Kier alpha value is -3.15. The number of hydrogen-bond donors (Lipinski definition) is 1. The van der Waals surface area contributed by atoms with Crippen molar-refractivity contribution in [1.82, 2.24) is 19.8 Å². The van der Waals surface area contributed by atoms with Crippen molar-refractivity contribution in [2.75, 3.05) is 13.6 Å². The van der Waals surface area contributed by atoms with E-state index >= 15 is 0 Å². The summed E-state index contributed by atoms with van der Waals surface area (Å²) < 4.78 is 2.14. The lowest BCUT2D eigenvalue weighted by Gasteiger charge is -2.24. The second-order valence-electron chi connectivity index (χ2n) is 7.00. The Labute approximate surface area is 157 Å². The highest BCUT2D eigenvalue weighted by atomic mass is 16.2. The van der Waals surface area contributed by atoms with Crippen LogP contribution in [0.4, 0.5) is 0 Å². The minimum absolute atomic E-state index is 0.00428. The summed E-state index contributed by atoms with van der Waals surface area (Å²) in [5, 5.41) is 3.63. The van der Waals surface area contributed by atoms with E-state index in [4.69, 9.17) is 0 Å². The molecule has 6 heteroatoms. The van der Waals surface area contributed by atoms with Crippen LogP contribution in [0.15, 0.2) is 54.9 Å². The minimum atomic E-state index is -0.0511. The summed E-state index contributed by atoms with van der Waals surface area (Å²) >= 11 is 0. The smallest absolute Gasteiger partial charge is 0.255 e. The van der Waals surface area contributed by atoms with Crippen molar-refractivity contribution in [3.8, 4) is 0 Å². The van der Waals surface area contributed by atoms with Crippen LogP contribution in [-0.4, -0.2) is 39.9 Å². The molecule has 4 rings (SSSR count). The molecular formula is C21H22N4O2. The van der Waals surface area contributed by atoms with Gasteiger partial charge in [-0.3, -0.25) is 14.6 Å². The summed E-state index contributed by atoms with van der Waals surface area (Å²) in [5.41, 5.74) is 2.53. The van der Waals surface area contributed by atoms with Gasteiger partial charge in [-0.05, 0) is 24.3 Å². The van der Waals surface area contributed by atoms with Crippen LogP contribution in [0.2, 0.25) is 0 Å². The van der Waals surface area contributed by atoms with E-state index in [0.29, 0.717) is 25.1 Å². The third-order valence-electron chi connectivity index (χ3n) is 5.09. The molecular weight excluding hydrogens is 340 g/mol. The van der Waals surface area contributed by atoms with Gasteiger partial charge in [-0.25, -0.2) is 0 Å². The Morgan fingerprint density at radius 2 is 2.04 bits per heavy atom. The Balaban J connectivity index is 1.63. The number of benzene rings is 1. The topological polar surface area (TPSA) is 67.2 Å². The van der Waals surface area contributed by atoms with Crippen LogP contribution in [0.1, 0.15) is 22.5 Å². The molecule has 2 aromatic heterocycles. The monoisotopic (exact) mass is 362 g/mol. The third kappa shape index (κ3) is 3.56. The molecule has 0 unspecified atom stereocenters. The highest BCUT2D eigenvalue weighted by molar-refractivity contribution is 5.97. The summed E-state index contributed by atoms with van der Waals surface area (Å²) in [6.45, 7) is 1.80. The van der Waals surface area contributed by atoms with E-state index in [2.05, 4.69) is 14.9 Å². The number of fused-ring (bicyclic) bond motifs is 2. The number of nitrogens with zero attached hydrogens (tertiary/aromatic N) is 3. The van der Waals surface area contributed by atoms with Gasteiger partial charge in [0.05, 0.1) is 17.6 Å². The lowest BCUT2D eigenvalue weighted by atomic mass is 10.0. The summed E-state index contributed by atoms with van der Waals surface area (Å²) in [7, 11) is 1.64. The number of hydrogen-bond acceptors (Lipinski definition) is 3. The van der Waals surface area contributed by atoms with E-state index in [9.17, 15) is 9.59 Å². The van der Waals surface area contributed by atoms with Crippen molar-refractivity contribution in [1.29, 1.82) is 0 Å². The molecule has 1 aliphatic rings. The standard InChI is InChI=1S/C21H22N4O2/c1-22-20(26)9-15-12-24-8-4-6-18(24)14-25(13-15)21(27)17-10-16-5-2-3-7-19(16)23-11-17/h2-8,10-11,15H,9,12-14H2,1H3,(H,22,26)/t15-/m0/s1. The molecule has 1 atom stereocenters. The van der Waals surface area contributed by atoms with Gasteiger partial charge in [0, 0.05) is 55.9 Å². The SMILES string of the molecule is CNC(=O)C[C@@H]1CN(C(=O)c2cnc3ccccc3c2)Cc2cccn2C1. The highest BCUT2D eigenvalue weighted by Crippen LogP contribution is 2.22. The molecule has 1 N–H and O–H groups in total. The first-order chi connectivity index (χ1) is 13.1. The summed E-state index contributed by atoms with van der Waals surface area (Å²) in [4.78, 5) is 31.4. The predicted octanol–water partition coefficient (Wildman–Crippen LogP) is 2.44. The van der Waals surface area contributed by atoms with E-state index in [1.165, 1.54) is 0 Å². The van der Waals surface area contributed by atoms with Crippen molar-refractivity contribution in [3.63, 3.8) is 0 Å². The highest BCUT2D eigenvalue weighted by Gasteiger charge is 2.27. The number of nitrogens with one attached hydrogen (secondary N) is 1. The van der Waals surface area contributed by atoms with Crippen molar-refractivity contribution in [2.45, 2.75) is 19.5 Å². The zero-order valence-corrected chi connectivity index (χ0v) is 15.3. The van der Waals surface area contributed by atoms with E-state index in [0.717, 1.165) is 23.1 Å². The average molecular weight is 362 g/mol. The van der Waals surface area contributed by atoms with Crippen LogP contribution in [0, 0.1) is 5.92 Å². The first-order valence-electron chi connectivity index (χ1n) is 9.12. The number of carbonyl (C=O) groups is 2. The van der Waals surface area contributed by atoms with Gasteiger partial charge in [0.1, 0.15) is 0 Å². The Morgan fingerprint density at radius 1 is 1.19 bits per heavy atom. The number of amides is 2. The van der Waals surface area contributed by atoms with E-state index in [1.54, 1.807) is 13.2 Å². The lowest BCUT2D eigenvalue weighted by molar-refractivity contribution is -0.121. The normalized spacial score (nSPS) is 16.6. The number of pyridine rings is 1. The molecule has 1 aliphatic heterocycles. The first-order valence-corrected chi connectivity index (χ1v) is 9.12. The van der Waals surface area contributed by atoms with Crippen molar-refractivity contribution in [3.05, 3.63) is 66.1 Å². The van der Waals surface area contributed by atoms with Crippen LogP contribution in [-0.2, 0) is 17.9 Å². The fourth-order valence-corrected chi connectivity index (χ4v) is 3.70. The quantitative estimate of drug-likeness (QED) is 0.778. The molecule has 6 nitrogen and oxygen atoms in total. The van der Waals surface area contributed by atoms with E-state index in [1.807, 2.05) is 53.6 Å². The molecule has 3 heterocycles. The minimum Gasteiger partial charge on any atom is -0.359 e. The van der Waals surface area contributed by atoms with Gasteiger partial charge in [-0.15, -0.1) is 0 Å². The fourth-order valence-electron chi connectivity index (χ4n) is 3.70. The van der Waals surface area contributed by atoms with Crippen LogP contribution >= 0.6 is 0 Å². The molecule has 0 bridgehead atoms. The molecule has 138 valence electrons. The molecule has 27 heavy (non-hydrogen) atoms. The number of aromatic nitrogens is 2. The van der Waals surface area contributed by atoms with Gasteiger partial charge in [0.25, 0.3) is 5.91 Å². The van der Waals surface area contributed by atoms with E-state index < -0.39 is 0 Å². The lowest BCUT2D eigenvalue weighted by Crippen LogP contribution is -2.35. The maximum Gasteiger partial charge on any atom is 0.255 e. The second-order valence-corrected chi connectivity index (χ2v) is 7.00. The Bertz CT molecular complexity index is 995. The zero-order valence-electron chi connectivity index (χ0n) is 15.3. The predicted molar refractivity (Wildman–Crippen MR) is 103 cm³/mol. The zero-order chi connectivity index (χ0) is 18.8. The van der Waals surface area contributed by atoms with Gasteiger partial charge in [0.2, 0.25) is 5.91 Å². The number of para-hydroxylation sites is 1. The average Bonchev–Trinajstić information content (AvgIpc) is 3.05. The van der Waals surface area contributed by atoms with Crippen molar-refractivity contribution in [2.24, 2.45) is 5.92 Å². The molecule has 1 aromatic carbocycles. The second kappa shape index (κ2) is 7.23. The molecule has 0 radical (unpaired) electrons.